The third kappa shape index (κ3) is 5.31. The minimum atomic E-state index is -1.05. The number of thioether (sulfide) groups is 1. The summed E-state index contributed by atoms with van der Waals surface area (Å²) in [4.78, 5) is 23.8. The van der Waals surface area contributed by atoms with Gasteiger partial charge in [0, 0.05) is 18.3 Å². The molecular weight excluding hydrogens is 332 g/mol. The lowest BCUT2D eigenvalue weighted by Crippen LogP contribution is -2.44. The van der Waals surface area contributed by atoms with E-state index in [1.807, 2.05) is 6.26 Å². The van der Waals surface area contributed by atoms with Crippen LogP contribution in [0.15, 0.2) is 18.2 Å². The summed E-state index contributed by atoms with van der Waals surface area (Å²) in [6.07, 6.45) is 2.47. The average Bonchev–Trinajstić information content (AvgIpc) is 2.58. The summed E-state index contributed by atoms with van der Waals surface area (Å²) in [5, 5.41) is 15.1. The number of carbonyl (C=O) groups excluding carboxylic acids is 2. The number of ether oxygens (including phenoxy) is 2. The van der Waals surface area contributed by atoms with Crippen molar-refractivity contribution in [2.45, 2.75) is 18.9 Å². The van der Waals surface area contributed by atoms with Crippen molar-refractivity contribution in [1.82, 2.24) is 5.32 Å². The summed E-state index contributed by atoms with van der Waals surface area (Å²) in [5.41, 5.74) is -0.607. The zero-order chi connectivity index (χ0) is 17.6. The third-order valence-corrected chi connectivity index (χ3v) is 4.09. The van der Waals surface area contributed by atoms with Crippen LogP contribution in [-0.4, -0.2) is 54.3 Å². The lowest BCUT2D eigenvalue weighted by Gasteiger charge is -2.23. The van der Waals surface area contributed by atoms with Crippen molar-refractivity contribution in [3.05, 3.63) is 18.2 Å². The standard InChI is InChI=1S/C16H22N2O5S/c1-16(21,5-8-24-2)10-17-14(19)15(20)18-11-3-4-12-13(9-11)23-7-6-22-12/h3-4,9,21H,5-8,10H2,1-2H3,(H,17,19)(H,18,20)/t16-/m0/s1. The average molecular weight is 354 g/mol. The van der Waals surface area contributed by atoms with Crippen LogP contribution in [0.1, 0.15) is 13.3 Å². The molecule has 0 bridgehead atoms. The Labute approximate surface area is 145 Å². The van der Waals surface area contributed by atoms with Crippen molar-refractivity contribution in [1.29, 1.82) is 0 Å². The second-order valence-electron chi connectivity index (χ2n) is 5.73. The maximum absolute atomic E-state index is 11.9. The smallest absolute Gasteiger partial charge is 0.313 e. The molecular formula is C16H22N2O5S. The second-order valence-corrected chi connectivity index (χ2v) is 6.72. The van der Waals surface area contributed by atoms with E-state index in [9.17, 15) is 14.7 Å². The van der Waals surface area contributed by atoms with Gasteiger partial charge in [-0.2, -0.15) is 11.8 Å². The summed E-state index contributed by atoms with van der Waals surface area (Å²) >= 11 is 1.61. The van der Waals surface area contributed by atoms with Gasteiger partial charge in [-0.15, -0.1) is 0 Å². The summed E-state index contributed by atoms with van der Waals surface area (Å²) in [6, 6.07) is 4.91. The maximum Gasteiger partial charge on any atom is 0.313 e. The lowest BCUT2D eigenvalue weighted by atomic mass is 10.0. The van der Waals surface area contributed by atoms with Crippen molar-refractivity contribution in [3.8, 4) is 11.5 Å². The molecule has 0 unspecified atom stereocenters. The number of benzene rings is 1. The number of amides is 2. The summed E-state index contributed by atoms with van der Waals surface area (Å²) in [6.45, 7) is 2.57. The van der Waals surface area contributed by atoms with Crippen LogP contribution >= 0.6 is 11.8 Å². The molecule has 0 saturated carbocycles. The lowest BCUT2D eigenvalue weighted by molar-refractivity contribution is -0.136. The SMILES string of the molecule is CSCC[C@](C)(O)CNC(=O)C(=O)Nc1ccc2c(c1)OCCO2. The van der Waals surface area contributed by atoms with Gasteiger partial charge < -0.3 is 25.2 Å². The molecule has 132 valence electrons. The highest BCUT2D eigenvalue weighted by atomic mass is 32.2. The van der Waals surface area contributed by atoms with Crippen molar-refractivity contribution < 1.29 is 24.2 Å². The van der Waals surface area contributed by atoms with Crippen molar-refractivity contribution in [2.75, 3.05) is 37.1 Å². The first-order valence-corrected chi connectivity index (χ1v) is 9.01. The first-order chi connectivity index (χ1) is 11.4. The molecule has 2 rings (SSSR count). The quantitative estimate of drug-likeness (QED) is 0.660. The molecule has 0 spiro atoms. The number of hydrogen-bond donors (Lipinski definition) is 3. The minimum Gasteiger partial charge on any atom is -0.486 e. The van der Waals surface area contributed by atoms with Gasteiger partial charge in [0.1, 0.15) is 13.2 Å². The van der Waals surface area contributed by atoms with Gasteiger partial charge in [-0.1, -0.05) is 0 Å². The molecule has 1 aliphatic heterocycles. The second kappa shape index (κ2) is 8.25. The Morgan fingerprint density at radius 2 is 1.96 bits per heavy atom. The number of anilines is 1. The summed E-state index contributed by atoms with van der Waals surface area (Å²) in [5.74, 6) is 0.307. The molecule has 0 aliphatic carbocycles. The molecule has 24 heavy (non-hydrogen) atoms. The zero-order valence-corrected chi connectivity index (χ0v) is 14.6. The maximum atomic E-state index is 11.9. The van der Waals surface area contributed by atoms with Crippen molar-refractivity contribution in [2.24, 2.45) is 0 Å². The number of hydrogen-bond acceptors (Lipinski definition) is 6. The van der Waals surface area contributed by atoms with E-state index in [2.05, 4.69) is 10.6 Å². The van der Waals surface area contributed by atoms with Crippen LogP contribution < -0.4 is 20.1 Å². The van der Waals surface area contributed by atoms with E-state index in [1.165, 1.54) is 0 Å². The van der Waals surface area contributed by atoms with Gasteiger partial charge in [0.2, 0.25) is 0 Å². The molecule has 7 nitrogen and oxygen atoms in total. The Balaban J connectivity index is 1.86. The molecule has 2 amide bonds. The van der Waals surface area contributed by atoms with Gasteiger partial charge >= 0.3 is 11.8 Å². The molecule has 0 aromatic heterocycles. The van der Waals surface area contributed by atoms with Crippen molar-refractivity contribution >= 4 is 29.3 Å². The molecule has 1 aromatic carbocycles. The fourth-order valence-corrected chi connectivity index (χ4v) is 2.71. The molecule has 1 heterocycles. The van der Waals surface area contributed by atoms with Crippen molar-refractivity contribution in [3.63, 3.8) is 0 Å². The van der Waals surface area contributed by atoms with Crippen LogP contribution in [0, 0.1) is 0 Å². The van der Waals surface area contributed by atoms with Gasteiger partial charge in [-0.05, 0) is 37.5 Å². The predicted molar refractivity (Wildman–Crippen MR) is 92.7 cm³/mol. The normalized spacial score (nSPS) is 15.3. The molecule has 0 fully saturated rings. The van der Waals surface area contributed by atoms with Gasteiger partial charge in [-0.3, -0.25) is 9.59 Å². The van der Waals surface area contributed by atoms with Gasteiger partial charge in [0.25, 0.3) is 0 Å². The molecule has 1 aliphatic rings. The zero-order valence-electron chi connectivity index (χ0n) is 13.8. The van der Waals surface area contributed by atoms with E-state index in [0.717, 1.165) is 5.75 Å². The van der Waals surface area contributed by atoms with Crippen LogP contribution in [0.5, 0.6) is 11.5 Å². The Bertz CT molecular complexity index is 606. The molecule has 1 atom stereocenters. The molecule has 8 heteroatoms. The van der Waals surface area contributed by atoms with E-state index in [4.69, 9.17) is 9.47 Å². The number of rotatable bonds is 6. The first-order valence-electron chi connectivity index (χ1n) is 7.61. The van der Waals surface area contributed by atoms with Crippen LogP contribution in [-0.2, 0) is 9.59 Å². The molecule has 0 radical (unpaired) electrons. The number of fused-ring (bicyclic) bond motifs is 1. The van der Waals surface area contributed by atoms with Crippen LogP contribution in [0.4, 0.5) is 5.69 Å². The minimum absolute atomic E-state index is 0.0148. The van der Waals surface area contributed by atoms with Crippen LogP contribution in [0.3, 0.4) is 0 Å². The largest absolute Gasteiger partial charge is 0.486 e. The Morgan fingerprint density at radius 3 is 2.67 bits per heavy atom. The van der Waals surface area contributed by atoms with E-state index >= 15 is 0 Å². The highest BCUT2D eigenvalue weighted by Crippen LogP contribution is 2.32. The van der Waals surface area contributed by atoms with E-state index < -0.39 is 17.4 Å². The molecule has 3 N–H and O–H groups in total. The van der Waals surface area contributed by atoms with E-state index in [1.54, 1.807) is 36.9 Å². The Hall–Kier alpha value is -1.93. The van der Waals surface area contributed by atoms with Crippen LogP contribution in [0.25, 0.3) is 0 Å². The predicted octanol–water partition coefficient (Wildman–Crippen LogP) is 1.02. The van der Waals surface area contributed by atoms with E-state index in [-0.39, 0.29) is 6.54 Å². The van der Waals surface area contributed by atoms with Gasteiger partial charge in [0.15, 0.2) is 11.5 Å². The first kappa shape index (κ1) is 18.4. The fourth-order valence-electron chi connectivity index (χ4n) is 2.07. The molecule has 1 aromatic rings. The monoisotopic (exact) mass is 354 g/mol. The van der Waals surface area contributed by atoms with Crippen LogP contribution in [0.2, 0.25) is 0 Å². The third-order valence-electron chi connectivity index (χ3n) is 3.48. The van der Waals surface area contributed by atoms with Gasteiger partial charge in [-0.25, -0.2) is 0 Å². The highest BCUT2D eigenvalue weighted by Gasteiger charge is 2.23. The summed E-state index contributed by atoms with van der Waals surface area (Å²) in [7, 11) is 0. The fraction of sp³-hybridized carbons (Fsp3) is 0.500. The number of nitrogens with one attached hydrogen (secondary N) is 2. The number of carbonyl (C=O) groups is 2. The van der Waals surface area contributed by atoms with Gasteiger partial charge in [0.05, 0.1) is 5.60 Å². The van der Waals surface area contributed by atoms with E-state index in [0.29, 0.717) is 36.8 Å². The highest BCUT2D eigenvalue weighted by molar-refractivity contribution is 7.98. The Kier molecular flexibility index (Phi) is 6.33. The Morgan fingerprint density at radius 1 is 1.25 bits per heavy atom. The number of aliphatic hydroxyl groups is 1. The molecule has 0 saturated heterocycles. The topological polar surface area (TPSA) is 96.9 Å². The summed E-state index contributed by atoms with van der Waals surface area (Å²) < 4.78 is 10.8.